The van der Waals surface area contributed by atoms with Gasteiger partial charge in [0.25, 0.3) is 0 Å². The molecule has 0 amide bonds. The number of rotatable bonds is 5. The highest BCUT2D eigenvalue weighted by molar-refractivity contribution is 7.89. The average molecular weight is 352 g/mol. The molecule has 0 fully saturated rings. The third-order valence-electron chi connectivity index (χ3n) is 3.25. The number of hydrazone groups is 1. The van der Waals surface area contributed by atoms with Crippen LogP contribution < -0.4 is 5.43 Å². The van der Waals surface area contributed by atoms with Crippen LogP contribution in [0.1, 0.15) is 12.5 Å². The molecule has 23 heavy (non-hydrogen) atoms. The molecule has 2 aromatic carbocycles. The molecule has 0 aliphatic carbocycles. The largest absolute Gasteiger partial charge is 0.278 e. The van der Waals surface area contributed by atoms with Gasteiger partial charge in [0.2, 0.25) is 10.0 Å². The van der Waals surface area contributed by atoms with Gasteiger partial charge in [0.05, 0.1) is 16.3 Å². The lowest BCUT2D eigenvalue weighted by atomic mass is 10.1. The van der Waals surface area contributed by atoms with Gasteiger partial charge in [0.1, 0.15) is 0 Å². The summed E-state index contributed by atoms with van der Waals surface area (Å²) in [6, 6.07) is 13.8. The standard InChI is InChI=1S/C16H18ClN3O2S/c1-12(18-19-15-8-6-14(17)7-9-15)13-4-10-16(11-5-13)23(21,22)20(2)3/h4-11,19H,1-3H3/b18-12-. The fourth-order valence-electron chi connectivity index (χ4n) is 1.82. The van der Waals surface area contributed by atoms with E-state index in [0.29, 0.717) is 5.02 Å². The number of nitrogens with zero attached hydrogens (tertiary/aromatic N) is 2. The molecule has 2 aromatic rings. The van der Waals surface area contributed by atoms with Crippen LogP contribution in [-0.2, 0) is 10.0 Å². The molecule has 0 aliphatic rings. The molecule has 0 radical (unpaired) electrons. The van der Waals surface area contributed by atoms with Crippen LogP contribution in [0.5, 0.6) is 0 Å². The summed E-state index contributed by atoms with van der Waals surface area (Å²) in [6.07, 6.45) is 0. The van der Waals surface area contributed by atoms with Crippen LogP contribution in [0.3, 0.4) is 0 Å². The van der Waals surface area contributed by atoms with Gasteiger partial charge in [0.15, 0.2) is 0 Å². The molecule has 0 aromatic heterocycles. The van der Waals surface area contributed by atoms with Crippen molar-refractivity contribution in [3.63, 3.8) is 0 Å². The summed E-state index contributed by atoms with van der Waals surface area (Å²) in [5, 5.41) is 4.95. The number of halogens is 1. The minimum Gasteiger partial charge on any atom is -0.278 e. The molecule has 2 rings (SSSR count). The zero-order valence-corrected chi connectivity index (χ0v) is 14.7. The van der Waals surface area contributed by atoms with E-state index in [1.807, 2.05) is 19.1 Å². The molecular formula is C16H18ClN3O2S. The topological polar surface area (TPSA) is 61.8 Å². The van der Waals surface area contributed by atoms with Crippen molar-refractivity contribution < 1.29 is 8.42 Å². The minimum absolute atomic E-state index is 0.254. The van der Waals surface area contributed by atoms with Gasteiger partial charge in [-0.3, -0.25) is 5.43 Å². The Morgan fingerprint density at radius 1 is 1.04 bits per heavy atom. The van der Waals surface area contributed by atoms with Crippen molar-refractivity contribution in [3.05, 3.63) is 59.1 Å². The molecule has 0 atom stereocenters. The van der Waals surface area contributed by atoms with Crippen molar-refractivity contribution >= 4 is 33.0 Å². The highest BCUT2D eigenvalue weighted by Gasteiger charge is 2.16. The fraction of sp³-hybridized carbons (Fsp3) is 0.188. The lowest BCUT2D eigenvalue weighted by Gasteiger charge is -2.11. The van der Waals surface area contributed by atoms with E-state index in [-0.39, 0.29) is 4.90 Å². The fourth-order valence-corrected chi connectivity index (χ4v) is 2.84. The van der Waals surface area contributed by atoms with Crippen LogP contribution >= 0.6 is 11.6 Å². The van der Waals surface area contributed by atoms with Gasteiger partial charge in [0, 0.05) is 19.1 Å². The van der Waals surface area contributed by atoms with E-state index >= 15 is 0 Å². The van der Waals surface area contributed by atoms with E-state index in [4.69, 9.17) is 11.6 Å². The average Bonchev–Trinajstić information content (AvgIpc) is 2.54. The van der Waals surface area contributed by atoms with Crippen LogP contribution in [0, 0.1) is 0 Å². The van der Waals surface area contributed by atoms with E-state index in [0.717, 1.165) is 17.0 Å². The number of anilines is 1. The Labute approximate surface area is 141 Å². The van der Waals surface area contributed by atoms with Crippen molar-refractivity contribution in [2.75, 3.05) is 19.5 Å². The van der Waals surface area contributed by atoms with E-state index in [1.165, 1.54) is 18.4 Å². The Balaban J connectivity index is 2.15. The third-order valence-corrected chi connectivity index (χ3v) is 5.33. The number of benzene rings is 2. The highest BCUT2D eigenvalue weighted by atomic mass is 35.5. The summed E-state index contributed by atoms with van der Waals surface area (Å²) in [7, 11) is -0.401. The quantitative estimate of drug-likeness (QED) is 0.663. The lowest BCUT2D eigenvalue weighted by Crippen LogP contribution is -2.22. The second-order valence-electron chi connectivity index (χ2n) is 5.13. The van der Waals surface area contributed by atoms with Gasteiger partial charge in [-0.05, 0) is 48.9 Å². The number of sulfonamides is 1. The van der Waals surface area contributed by atoms with Crippen molar-refractivity contribution in [2.45, 2.75) is 11.8 Å². The van der Waals surface area contributed by atoms with Gasteiger partial charge in [-0.2, -0.15) is 5.10 Å². The second-order valence-corrected chi connectivity index (χ2v) is 7.72. The van der Waals surface area contributed by atoms with Crippen LogP contribution in [-0.4, -0.2) is 32.5 Å². The van der Waals surface area contributed by atoms with Crippen LogP contribution in [0.2, 0.25) is 5.02 Å². The first-order valence-electron chi connectivity index (χ1n) is 6.89. The first-order chi connectivity index (χ1) is 10.8. The highest BCUT2D eigenvalue weighted by Crippen LogP contribution is 2.16. The van der Waals surface area contributed by atoms with Gasteiger partial charge in [-0.25, -0.2) is 12.7 Å². The Morgan fingerprint density at radius 2 is 1.61 bits per heavy atom. The van der Waals surface area contributed by atoms with Crippen LogP contribution in [0.15, 0.2) is 58.5 Å². The Kier molecular flexibility index (Phi) is 5.41. The van der Waals surface area contributed by atoms with Crippen LogP contribution in [0.25, 0.3) is 0 Å². The molecule has 0 unspecified atom stereocenters. The van der Waals surface area contributed by atoms with E-state index in [9.17, 15) is 8.42 Å². The van der Waals surface area contributed by atoms with Gasteiger partial charge in [-0.1, -0.05) is 23.7 Å². The van der Waals surface area contributed by atoms with Crippen LogP contribution in [0.4, 0.5) is 5.69 Å². The van der Waals surface area contributed by atoms with Crippen molar-refractivity contribution in [1.82, 2.24) is 4.31 Å². The Morgan fingerprint density at radius 3 is 2.13 bits per heavy atom. The molecule has 0 saturated carbocycles. The Hall–Kier alpha value is -1.89. The predicted molar refractivity (Wildman–Crippen MR) is 94.6 cm³/mol. The zero-order valence-electron chi connectivity index (χ0n) is 13.1. The molecule has 122 valence electrons. The zero-order chi connectivity index (χ0) is 17.0. The molecule has 5 nitrogen and oxygen atoms in total. The number of hydrogen-bond donors (Lipinski definition) is 1. The Bertz CT molecular complexity index is 798. The lowest BCUT2D eigenvalue weighted by molar-refractivity contribution is 0.521. The number of hydrogen-bond acceptors (Lipinski definition) is 4. The molecule has 0 bridgehead atoms. The summed E-state index contributed by atoms with van der Waals surface area (Å²) in [5.41, 5.74) is 5.34. The van der Waals surface area contributed by atoms with E-state index in [1.54, 1.807) is 36.4 Å². The maximum absolute atomic E-state index is 12.0. The molecule has 0 aliphatic heterocycles. The summed E-state index contributed by atoms with van der Waals surface area (Å²) < 4.78 is 25.2. The summed E-state index contributed by atoms with van der Waals surface area (Å²) in [6.45, 7) is 1.85. The third kappa shape index (κ3) is 4.31. The molecule has 0 saturated heterocycles. The van der Waals surface area contributed by atoms with E-state index < -0.39 is 10.0 Å². The van der Waals surface area contributed by atoms with Gasteiger partial charge < -0.3 is 0 Å². The first kappa shape index (κ1) is 17.5. The molecule has 0 spiro atoms. The molecule has 7 heteroatoms. The minimum atomic E-state index is -3.41. The van der Waals surface area contributed by atoms with Crippen molar-refractivity contribution in [2.24, 2.45) is 5.10 Å². The summed E-state index contributed by atoms with van der Waals surface area (Å²) in [5.74, 6) is 0. The summed E-state index contributed by atoms with van der Waals surface area (Å²) >= 11 is 5.83. The number of nitrogens with one attached hydrogen (secondary N) is 1. The maximum Gasteiger partial charge on any atom is 0.242 e. The SMILES string of the molecule is C/C(=N/Nc1ccc(Cl)cc1)c1ccc(S(=O)(=O)N(C)C)cc1. The molecule has 0 heterocycles. The van der Waals surface area contributed by atoms with Crippen molar-refractivity contribution in [3.8, 4) is 0 Å². The van der Waals surface area contributed by atoms with Crippen molar-refractivity contribution in [1.29, 1.82) is 0 Å². The van der Waals surface area contributed by atoms with E-state index in [2.05, 4.69) is 10.5 Å². The van der Waals surface area contributed by atoms with Gasteiger partial charge >= 0.3 is 0 Å². The van der Waals surface area contributed by atoms with Gasteiger partial charge in [-0.15, -0.1) is 0 Å². The first-order valence-corrected chi connectivity index (χ1v) is 8.71. The molecule has 1 N–H and O–H groups in total. The summed E-state index contributed by atoms with van der Waals surface area (Å²) in [4.78, 5) is 0.254. The molecular weight excluding hydrogens is 334 g/mol. The normalized spacial score (nSPS) is 12.5. The predicted octanol–water partition coefficient (Wildman–Crippen LogP) is 3.43. The second kappa shape index (κ2) is 7.12. The maximum atomic E-state index is 12.0. The monoisotopic (exact) mass is 351 g/mol. The smallest absolute Gasteiger partial charge is 0.242 e.